The van der Waals surface area contributed by atoms with Crippen molar-refractivity contribution in [2.24, 2.45) is 0 Å². The normalized spacial score (nSPS) is 11.8. The summed E-state index contributed by atoms with van der Waals surface area (Å²) >= 11 is 3.37. The van der Waals surface area contributed by atoms with Crippen molar-refractivity contribution in [1.29, 1.82) is 0 Å². The lowest BCUT2D eigenvalue weighted by molar-refractivity contribution is -0.123. The first-order valence-electron chi connectivity index (χ1n) is 9.33. The lowest BCUT2D eigenvalue weighted by Crippen LogP contribution is -2.30. The van der Waals surface area contributed by atoms with E-state index < -0.39 is 18.0 Å². The number of H-pyrrole nitrogens is 1. The number of halogens is 1. The number of benzene rings is 3. The number of imidazole rings is 1. The smallest absolute Gasteiger partial charge is 0.338 e. The Morgan fingerprint density at radius 3 is 2.53 bits per heavy atom. The van der Waals surface area contributed by atoms with Crippen molar-refractivity contribution in [2.75, 3.05) is 5.32 Å². The maximum absolute atomic E-state index is 12.6. The first-order chi connectivity index (χ1) is 14.5. The summed E-state index contributed by atoms with van der Waals surface area (Å²) in [5, 5.41) is 2.74. The second-order valence-corrected chi connectivity index (χ2v) is 7.55. The quantitative estimate of drug-likeness (QED) is 0.399. The summed E-state index contributed by atoms with van der Waals surface area (Å²) in [6.45, 7) is 1.53. The van der Waals surface area contributed by atoms with E-state index in [2.05, 4.69) is 31.2 Å². The van der Waals surface area contributed by atoms with Crippen molar-refractivity contribution in [2.45, 2.75) is 13.0 Å². The Labute approximate surface area is 181 Å². The molecule has 0 saturated carbocycles. The zero-order chi connectivity index (χ0) is 21.1. The minimum Gasteiger partial charge on any atom is -0.449 e. The van der Waals surface area contributed by atoms with E-state index in [9.17, 15) is 9.59 Å². The van der Waals surface area contributed by atoms with E-state index in [-0.39, 0.29) is 0 Å². The Morgan fingerprint density at radius 1 is 1.03 bits per heavy atom. The molecule has 30 heavy (non-hydrogen) atoms. The highest BCUT2D eigenvalue weighted by Gasteiger charge is 2.20. The fourth-order valence-electron chi connectivity index (χ4n) is 2.95. The van der Waals surface area contributed by atoms with E-state index in [1.54, 1.807) is 30.3 Å². The second kappa shape index (κ2) is 8.51. The fourth-order valence-corrected chi connectivity index (χ4v) is 3.33. The Morgan fingerprint density at radius 2 is 1.77 bits per heavy atom. The van der Waals surface area contributed by atoms with Crippen LogP contribution in [-0.2, 0) is 9.53 Å². The van der Waals surface area contributed by atoms with Crippen LogP contribution in [0.3, 0.4) is 0 Å². The Kier molecular flexibility index (Phi) is 5.63. The molecule has 150 valence electrons. The molecule has 1 atom stereocenters. The van der Waals surface area contributed by atoms with Gasteiger partial charge < -0.3 is 15.0 Å². The van der Waals surface area contributed by atoms with Gasteiger partial charge in [0, 0.05) is 10.0 Å². The molecule has 4 aromatic rings. The van der Waals surface area contributed by atoms with E-state index >= 15 is 0 Å². The van der Waals surface area contributed by atoms with Gasteiger partial charge in [0.05, 0.1) is 22.3 Å². The standard InChI is InChI=1S/C23H18BrN3O3/c1-14(22(28)27-18-10-6-5-9-17(18)24)30-23(29)16-11-12-19-20(13-16)26-21(25-19)15-7-3-2-4-8-15/h2-14H,1H3,(H,25,26)(H,27,28). The van der Waals surface area contributed by atoms with Gasteiger partial charge in [0.2, 0.25) is 0 Å². The molecule has 0 saturated heterocycles. The number of para-hydroxylation sites is 1. The van der Waals surface area contributed by atoms with Crippen LogP contribution in [0.5, 0.6) is 0 Å². The maximum Gasteiger partial charge on any atom is 0.338 e. The molecular weight excluding hydrogens is 446 g/mol. The number of aromatic amines is 1. The van der Waals surface area contributed by atoms with Gasteiger partial charge in [-0.1, -0.05) is 42.5 Å². The number of anilines is 1. The van der Waals surface area contributed by atoms with Crippen LogP contribution >= 0.6 is 15.9 Å². The number of aromatic nitrogens is 2. The molecule has 2 N–H and O–H groups in total. The Bertz CT molecular complexity index is 1220. The number of amides is 1. The number of hydrogen-bond acceptors (Lipinski definition) is 4. The second-order valence-electron chi connectivity index (χ2n) is 6.70. The van der Waals surface area contributed by atoms with Crippen LogP contribution in [0.25, 0.3) is 22.4 Å². The first kappa shape index (κ1) is 19.8. The summed E-state index contributed by atoms with van der Waals surface area (Å²) in [7, 11) is 0. The highest BCUT2D eigenvalue weighted by atomic mass is 79.9. The van der Waals surface area contributed by atoms with E-state index in [1.165, 1.54) is 6.92 Å². The lowest BCUT2D eigenvalue weighted by Gasteiger charge is -2.14. The van der Waals surface area contributed by atoms with Gasteiger partial charge in [0.1, 0.15) is 5.82 Å². The molecule has 0 aliphatic carbocycles. The minimum absolute atomic E-state index is 0.339. The van der Waals surface area contributed by atoms with Crippen LogP contribution in [0, 0.1) is 0 Å². The summed E-state index contributed by atoms with van der Waals surface area (Å²) < 4.78 is 6.10. The summed E-state index contributed by atoms with van der Waals surface area (Å²) in [6.07, 6.45) is -0.957. The largest absolute Gasteiger partial charge is 0.449 e. The molecule has 1 aromatic heterocycles. The first-order valence-corrected chi connectivity index (χ1v) is 10.1. The molecule has 1 heterocycles. The number of hydrogen-bond donors (Lipinski definition) is 2. The highest BCUT2D eigenvalue weighted by Crippen LogP contribution is 2.23. The molecule has 6 nitrogen and oxygen atoms in total. The van der Waals surface area contributed by atoms with Crippen molar-refractivity contribution >= 4 is 44.5 Å². The molecule has 0 bridgehead atoms. The van der Waals surface area contributed by atoms with Crippen LogP contribution in [0.2, 0.25) is 0 Å². The van der Waals surface area contributed by atoms with Gasteiger partial charge in [0.25, 0.3) is 5.91 Å². The van der Waals surface area contributed by atoms with Gasteiger partial charge in [-0.05, 0) is 53.2 Å². The molecule has 0 fully saturated rings. The third kappa shape index (κ3) is 4.26. The van der Waals surface area contributed by atoms with Gasteiger partial charge in [-0.15, -0.1) is 0 Å². The van der Waals surface area contributed by atoms with Crippen molar-refractivity contribution in [3.8, 4) is 11.4 Å². The van der Waals surface area contributed by atoms with Crippen LogP contribution < -0.4 is 5.32 Å². The van der Waals surface area contributed by atoms with Crippen LogP contribution in [0.4, 0.5) is 5.69 Å². The molecule has 3 aromatic carbocycles. The number of nitrogens with zero attached hydrogens (tertiary/aromatic N) is 1. The summed E-state index contributed by atoms with van der Waals surface area (Å²) in [6, 6.07) is 22.0. The van der Waals surface area contributed by atoms with Crippen LogP contribution in [0.1, 0.15) is 17.3 Å². The average molecular weight is 464 g/mol. The molecular formula is C23H18BrN3O3. The number of nitrogens with one attached hydrogen (secondary N) is 2. The zero-order valence-electron chi connectivity index (χ0n) is 16.1. The summed E-state index contributed by atoms with van der Waals surface area (Å²) in [5.74, 6) is -0.274. The van der Waals surface area contributed by atoms with E-state index in [0.29, 0.717) is 16.8 Å². The fraction of sp³-hybridized carbons (Fsp3) is 0.0870. The van der Waals surface area contributed by atoms with Crippen molar-refractivity contribution in [3.05, 3.63) is 82.8 Å². The number of rotatable bonds is 5. The van der Waals surface area contributed by atoms with Gasteiger partial charge in [-0.3, -0.25) is 4.79 Å². The highest BCUT2D eigenvalue weighted by molar-refractivity contribution is 9.10. The van der Waals surface area contributed by atoms with Gasteiger partial charge in [-0.2, -0.15) is 0 Å². The Hall–Kier alpha value is -3.45. The van der Waals surface area contributed by atoms with Crippen LogP contribution in [-0.4, -0.2) is 27.9 Å². The summed E-state index contributed by atoms with van der Waals surface area (Å²) in [5.41, 5.74) is 3.36. The monoisotopic (exact) mass is 463 g/mol. The number of fused-ring (bicyclic) bond motifs is 1. The predicted molar refractivity (Wildman–Crippen MR) is 119 cm³/mol. The van der Waals surface area contributed by atoms with Crippen molar-refractivity contribution < 1.29 is 14.3 Å². The Balaban J connectivity index is 1.47. The summed E-state index contributed by atoms with van der Waals surface area (Å²) in [4.78, 5) is 32.7. The topological polar surface area (TPSA) is 84.1 Å². The number of carbonyl (C=O) groups excluding carboxylic acids is 2. The van der Waals surface area contributed by atoms with Gasteiger partial charge in [-0.25, -0.2) is 9.78 Å². The lowest BCUT2D eigenvalue weighted by atomic mass is 10.2. The molecule has 0 aliphatic rings. The third-order valence-electron chi connectivity index (χ3n) is 4.55. The molecule has 1 unspecified atom stereocenters. The molecule has 0 spiro atoms. The van der Waals surface area contributed by atoms with Gasteiger partial charge in [0.15, 0.2) is 6.10 Å². The van der Waals surface area contributed by atoms with Crippen LogP contribution in [0.15, 0.2) is 77.3 Å². The molecule has 0 radical (unpaired) electrons. The third-order valence-corrected chi connectivity index (χ3v) is 5.24. The maximum atomic E-state index is 12.6. The number of carbonyl (C=O) groups is 2. The molecule has 1 amide bonds. The minimum atomic E-state index is -0.957. The number of esters is 1. The molecule has 0 aliphatic heterocycles. The predicted octanol–water partition coefficient (Wildman–Crippen LogP) is 5.18. The van der Waals surface area contributed by atoms with Gasteiger partial charge >= 0.3 is 5.97 Å². The van der Waals surface area contributed by atoms with E-state index in [0.717, 1.165) is 21.4 Å². The number of ether oxygens (including phenoxy) is 1. The average Bonchev–Trinajstić information content (AvgIpc) is 3.19. The van der Waals surface area contributed by atoms with E-state index in [4.69, 9.17) is 4.74 Å². The molecule has 4 rings (SSSR count). The SMILES string of the molecule is CC(OC(=O)c1ccc2nc(-c3ccccc3)[nH]c2c1)C(=O)Nc1ccccc1Br. The van der Waals surface area contributed by atoms with E-state index in [1.807, 2.05) is 42.5 Å². The molecule has 7 heteroatoms. The van der Waals surface area contributed by atoms with Crippen molar-refractivity contribution in [1.82, 2.24) is 9.97 Å². The zero-order valence-corrected chi connectivity index (χ0v) is 17.6. The van der Waals surface area contributed by atoms with Crippen molar-refractivity contribution in [3.63, 3.8) is 0 Å².